The van der Waals surface area contributed by atoms with E-state index in [1.807, 2.05) is 37.4 Å². The zero-order valence-corrected chi connectivity index (χ0v) is 13.2. The van der Waals surface area contributed by atoms with Gasteiger partial charge in [-0.15, -0.1) is 0 Å². The molecule has 3 rings (SSSR count). The van der Waals surface area contributed by atoms with Crippen molar-refractivity contribution in [3.8, 4) is 11.3 Å². The molecule has 1 atom stereocenters. The molecule has 0 aliphatic carbocycles. The van der Waals surface area contributed by atoms with E-state index in [2.05, 4.69) is 10.3 Å². The van der Waals surface area contributed by atoms with Gasteiger partial charge < -0.3 is 15.2 Å². The Morgan fingerprint density at radius 1 is 1.26 bits per heavy atom. The zero-order chi connectivity index (χ0) is 16.2. The van der Waals surface area contributed by atoms with Crippen LogP contribution in [0.25, 0.3) is 11.3 Å². The van der Waals surface area contributed by atoms with Crippen LogP contribution in [0.4, 0.5) is 0 Å². The number of nitrogens with zero attached hydrogens (tertiary/aromatic N) is 1. The highest BCUT2D eigenvalue weighted by molar-refractivity contribution is 5.94. The molecule has 1 unspecified atom stereocenters. The number of hydrogen-bond donors (Lipinski definition) is 2. The number of benzene rings is 1. The van der Waals surface area contributed by atoms with E-state index in [1.54, 1.807) is 17.0 Å². The third kappa shape index (κ3) is 3.35. The molecule has 2 heterocycles. The summed E-state index contributed by atoms with van der Waals surface area (Å²) < 4.78 is 0. The predicted octanol–water partition coefficient (Wildman–Crippen LogP) is 1.72. The molecule has 1 amide bonds. The number of aromatic amines is 1. The van der Waals surface area contributed by atoms with E-state index in [-0.39, 0.29) is 17.0 Å². The van der Waals surface area contributed by atoms with Crippen LogP contribution in [0, 0.1) is 5.92 Å². The molecule has 120 valence electrons. The maximum Gasteiger partial charge on any atom is 0.261 e. The minimum absolute atomic E-state index is 0.176. The van der Waals surface area contributed by atoms with Crippen LogP contribution in [0.5, 0.6) is 0 Å². The molecule has 5 nitrogen and oxygen atoms in total. The van der Waals surface area contributed by atoms with Crippen LogP contribution in [-0.4, -0.2) is 42.5 Å². The molecule has 0 spiro atoms. The van der Waals surface area contributed by atoms with Gasteiger partial charge in [-0.05, 0) is 43.6 Å². The summed E-state index contributed by atoms with van der Waals surface area (Å²) in [6.45, 7) is 2.32. The van der Waals surface area contributed by atoms with Crippen LogP contribution >= 0.6 is 0 Å². The van der Waals surface area contributed by atoms with Crippen LogP contribution in [0.15, 0.2) is 47.3 Å². The molecule has 0 saturated carbocycles. The van der Waals surface area contributed by atoms with Gasteiger partial charge >= 0.3 is 0 Å². The summed E-state index contributed by atoms with van der Waals surface area (Å²) >= 11 is 0. The normalized spacial score (nSPS) is 17.4. The fourth-order valence-electron chi connectivity index (χ4n) is 3.07. The van der Waals surface area contributed by atoms with Gasteiger partial charge in [0.1, 0.15) is 5.56 Å². The van der Waals surface area contributed by atoms with Crippen molar-refractivity contribution in [2.45, 2.75) is 6.42 Å². The Bertz CT molecular complexity index is 739. The standard InChI is InChI=1S/C18H21N3O2/c1-19-11-13-9-10-21(12-13)18(23)15-7-8-16(20-17(15)22)14-5-3-2-4-6-14/h2-8,13,19H,9-12H2,1H3,(H,20,22). The lowest BCUT2D eigenvalue weighted by atomic mass is 10.1. The molecule has 1 saturated heterocycles. The van der Waals surface area contributed by atoms with E-state index in [0.29, 0.717) is 19.0 Å². The van der Waals surface area contributed by atoms with Crippen molar-refractivity contribution in [3.63, 3.8) is 0 Å². The second-order valence-corrected chi connectivity index (χ2v) is 5.94. The molecule has 23 heavy (non-hydrogen) atoms. The van der Waals surface area contributed by atoms with Gasteiger partial charge in [0.05, 0.1) is 0 Å². The molecule has 2 aromatic rings. The average molecular weight is 311 g/mol. The SMILES string of the molecule is CNCC1CCN(C(=O)c2ccc(-c3ccccc3)[nH]c2=O)C1. The van der Waals surface area contributed by atoms with E-state index in [0.717, 1.165) is 24.2 Å². The third-order valence-electron chi connectivity index (χ3n) is 4.29. The summed E-state index contributed by atoms with van der Waals surface area (Å²) in [5.74, 6) is 0.288. The third-order valence-corrected chi connectivity index (χ3v) is 4.29. The highest BCUT2D eigenvalue weighted by Gasteiger charge is 2.27. The number of nitrogens with one attached hydrogen (secondary N) is 2. The van der Waals surface area contributed by atoms with E-state index in [1.165, 1.54) is 0 Å². The minimum atomic E-state index is -0.326. The lowest BCUT2D eigenvalue weighted by molar-refractivity contribution is 0.0785. The lowest BCUT2D eigenvalue weighted by Crippen LogP contribution is -2.34. The van der Waals surface area contributed by atoms with Crippen LogP contribution in [-0.2, 0) is 0 Å². The highest BCUT2D eigenvalue weighted by Crippen LogP contribution is 2.18. The second kappa shape index (κ2) is 6.79. The number of carbonyl (C=O) groups is 1. The first-order valence-corrected chi connectivity index (χ1v) is 7.91. The molecule has 0 bridgehead atoms. The highest BCUT2D eigenvalue weighted by atomic mass is 16.2. The Balaban J connectivity index is 1.79. The van der Waals surface area contributed by atoms with Gasteiger partial charge in [0.15, 0.2) is 0 Å². The molecule has 2 N–H and O–H groups in total. The van der Waals surface area contributed by atoms with Crippen molar-refractivity contribution in [2.24, 2.45) is 5.92 Å². The molecule has 1 aromatic carbocycles. The smallest absolute Gasteiger partial charge is 0.261 e. The summed E-state index contributed by atoms with van der Waals surface area (Å²) in [6, 6.07) is 13.0. The number of H-pyrrole nitrogens is 1. The summed E-state index contributed by atoms with van der Waals surface area (Å²) in [7, 11) is 1.91. The molecule has 5 heteroatoms. The van der Waals surface area contributed by atoms with Gasteiger partial charge in [0, 0.05) is 18.8 Å². The minimum Gasteiger partial charge on any atom is -0.338 e. The fraction of sp³-hybridized carbons (Fsp3) is 0.333. The fourth-order valence-corrected chi connectivity index (χ4v) is 3.07. The number of carbonyl (C=O) groups excluding carboxylic acids is 1. The second-order valence-electron chi connectivity index (χ2n) is 5.94. The first-order chi connectivity index (χ1) is 11.2. The van der Waals surface area contributed by atoms with Crippen molar-refractivity contribution in [1.82, 2.24) is 15.2 Å². The average Bonchev–Trinajstić information content (AvgIpc) is 3.04. The molecular weight excluding hydrogens is 290 g/mol. The number of rotatable bonds is 4. The zero-order valence-electron chi connectivity index (χ0n) is 13.2. The maximum atomic E-state index is 12.6. The summed E-state index contributed by atoms with van der Waals surface area (Å²) in [6.07, 6.45) is 0.979. The van der Waals surface area contributed by atoms with Crippen molar-refractivity contribution >= 4 is 5.91 Å². The number of aromatic nitrogens is 1. The van der Waals surface area contributed by atoms with Gasteiger partial charge in [0.2, 0.25) is 0 Å². The van der Waals surface area contributed by atoms with Crippen molar-refractivity contribution < 1.29 is 4.79 Å². The van der Waals surface area contributed by atoms with E-state index in [9.17, 15) is 9.59 Å². The van der Waals surface area contributed by atoms with Crippen molar-refractivity contribution in [2.75, 3.05) is 26.7 Å². The molecule has 1 fully saturated rings. The van der Waals surface area contributed by atoms with Crippen LogP contribution in [0.3, 0.4) is 0 Å². The van der Waals surface area contributed by atoms with Gasteiger partial charge in [0.25, 0.3) is 11.5 Å². The van der Waals surface area contributed by atoms with Crippen molar-refractivity contribution in [1.29, 1.82) is 0 Å². The topological polar surface area (TPSA) is 65.2 Å². The van der Waals surface area contributed by atoms with E-state index in [4.69, 9.17) is 0 Å². The lowest BCUT2D eigenvalue weighted by Gasteiger charge is -2.16. The first-order valence-electron chi connectivity index (χ1n) is 7.91. The molecule has 0 radical (unpaired) electrons. The molecular formula is C18H21N3O2. The maximum absolute atomic E-state index is 12.6. The quantitative estimate of drug-likeness (QED) is 0.903. The van der Waals surface area contributed by atoms with Gasteiger partial charge in [-0.1, -0.05) is 30.3 Å². The summed E-state index contributed by atoms with van der Waals surface area (Å²) in [4.78, 5) is 29.4. The Hall–Kier alpha value is -2.40. The van der Waals surface area contributed by atoms with E-state index < -0.39 is 0 Å². The Morgan fingerprint density at radius 2 is 2.04 bits per heavy atom. The van der Waals surface area contributed by atoms with Crippen LogP contribution in [0.2, 0.25) is 0 Å². The summed E-state index contributed by atoms with van der Waals surface area (Å²) in [5, 5.41) is 3.14. The Labute approximate surface area is 135 Å². The number of likely N-dealkylation sites (tertiary alicyclic amines) is 1. The summed E-state index contributed by atoms with van der Waals surface area (Å²) in [5.41, 5.74) is 1.55. The van der Waals surface area contributed by atoms with Crippen molar-refractivity contribution in [3.05, 3.63) is 58.4 Å². The molecule has 1 aromatic heterocycles. The number of hydrogen-bond acceptors (Lipinski definition) is 3. The Morgan fingerprint density at radius 3 is 2.74 bits per heavy atom. The van der Waals surface area contributed by atoms with Gasteiger partial charge in [-0.2, -0.15) is 0 Å². The van der Waals surface area contributed by atoms with Gasteiger partial charge in [-0.25, -0.2) is 0 Å². The monoisotopic (exact) mass is 311 g/mol. The Kier molecular flexibility index (Phi) is 4.57. The van der Waals surface area contributed by atoms with Gasteiger partial charge in [-0.3, -0.25) is 9.59 Å². The number of amides is 1. The van der Waals surface area contributed by atoms with Crippen LogP contribution in [0.1, 0.15) is 16.8 Å². The molecule has 1 aliphatic rings. The predicted molar refractivity (Wildman–Crippen MR) is 90.4 cm³/mol. The number of pyridine rings is 1. The van der Waals surface area contributed by atoms with E-state index >= 15 is 0 Å². The van der Waals surface area contributed by atoms with Crippen LogP contribution < -0.4 is 10.9 Å². The first kappa shape index (κ1) is 15.5. The molecule has 1 aliphatic heterocycles. The largest absolute Gasteiger partial charge is 0.338 e.